The average Bonchev–Trinajstić information content (AvgIpc) is 3.15. The van der Waals surface area contributed by atoms with Crippen LogP contribution in [0.3, 0.4) is 0 Å². The first kappa shape index (κ1) is 24.9. The fourth-order valence-corrected chi connectivity index (χ4v) is 5.02. The highest BCUT2D eigenvalue weighted by molar-refractivity contribution is 7.52. The monoisotopic (exact) mass is 483 g/mol. The molecule has 0 radical (unpaired) electrons. The number of nitrogens with zero attached hydrogens (tertiary/aromatic N) is 1. The van der Waals surface area contributed by atoms with Crippen molar-refractivity contribution in [3.63, 3.8) is 0 Å². The summed E-state index contributed by atoms with van der Waals surface area (Å²) in [7, 11) is -2.93. The molecule has 1 aliphatic heterocycles. The predicted molar refractivity (Wildman–Crippen MR) is 116 cm³/mol. The van der Waals surface area contributed by atoms with Gasteiger partial charge in [-0.3, -0.25) is 23.7 Å². The van der Waals surface area contributed by atoms with Gasteiger partial charge in [0.15, 0.2) is 6.23 Å². The largest absolute Gasteiger partial charge is 0.468 e. The average molecular weight is 483 g/mol. The van der Waals surface area contributed by atoms with E-state index in [1.807, 2.05) is 0 Å². The number of carbonyl (C=O) groups is 1. The first-order valence-corrected chi connectivity index (χ1v) is 11.7. The summed E-state index contributed by atoms with van der Waals surface area (Å²) in [5.41, 5.74) is -1.32. The number of rotatable bonds is 9. The van der Waals surface area contributed by atoms with E-state index >= 15 is 0 Å². The summed E-state index contributed by atoms with van der Waals surface area (Å²) in [5.74, 6) is -0.434. The van der Waals surface area contributed by atoms with E-state index in [4.69, 9.17) is 13.8 Å². The normalized spacial score (nSPS) is 23.9. The van der Waals surface area contributed by atoms with Gasteiger partial charge < -0.3 is 19.1 Å². The Morgan fingerprint density at radius 3 is 2.61 bits per heavy atom. The van der Waals surface area contributed by atoms with Gasteiger partial charge in [-0.2, -0.15) is 5.09 Å². The Morgan fingerprint density at radius 1 is 1.27 bits per heavy atom. The van der Waals surface area contributed by atoms with E-state index in [9.17, 15) is 24.1 Å². The molecule has 1 aromatic carbocycles. The number of benzene rings is 1. The van der Waals surface area contributed by atoms with Crippen LogP contribution in [0.4, 0.5) is 0 Å². The van der Waals surface area contributed by atoms with Crippen molar-refractivity contribution in [3.05, 3.63) is 63.4 Å². The number of para-hydroxylation sites is 1. The Morgan fingerprint density at radius 2 is 1.97 bits per heavy atom. The van der Waals surface area contributed by atoms with Crippen LogP contribution in [0.2, 0.25) is 0 Å². The lowest BCUT2D eigenvalue weighted by Gasteiger charge is -2.27. The molecule has 6 atom stereocenters. The lowest BCUT2D eigenvalue weighted by Crippen LogP contribution is -2.37. The number of nitrogens with one attached hydrogen (secondary N) is 2. The van der Waals surface area contributed by atoms with E-state index in [1.54, 1.807) is 37.3 Å². The molecular weight excluding hydrogens is 457 g/mol. The molecule has 180 valence electrons. The first-order chi connectivity index (χ1) is 15.6. The zero-order valence-electron chi connectivity index (χ0n) is 18.2. The van der Waals surface area contributed by atoms with Gasteiger partial charge in [0.05, 0.1) is 19.3 Å². The van der Waals surface area contributed by atoms with Crippen molar-refractivity contribution in [2.75, 3.05) is 7.11 Å². The molecule has 1 fully saturated rings. The van der Waals surface area contributed by atoms with Crippen molar-refractivity contribution in [2.45, 2.75) is 50.8 Å². The van der Waals surface area contributed by atoms with Crippen LogP contribution in [0, 0.1) is 0 Å². The second-order valence-corrected chi connectivity index (χ2v) is 9.12. The number of esters is 1. The SMILES string of the molecule is COC(=O)C(C)NP(=O)(Oc1ccccc1)OC(C)[C@@H]1CC(O)[C@H](n2ccc(=O)[nH]c2=O)O1. The number of ether oxygens (including phenoxy) is 2. The molecule has 0 amide bonds. The third-order valence-corrected chi connectivity index (χ3v) is 6.71. The fraction of sp³-hybridized carbons (Fsp3) is 0.450. The number of hydrogen-bond donors (Lipinski definition) is 3. The summed E-state index contributed by atoms with van der Waals surface area (Å²) >= 11 is 0. The summed E-state index contributed by atoms with van der Waals surface area (Å²) in [6.07, 6.45) is -2.59. The van der Waals surface area contributed by atoms with Gasteiger partial charge in [-0.15, -0.1) is 0 Å². The smallest absolute Gasteiger partial charge is 0.459 e. The number of methoxy groups -OCH3 is 1. The lowest BCUT2D eigenvalue weighted by molar-refractivity contribution is -0.142. The number of hydrogen-bond acceptors (Lipinski definition) is 9. The molecule has 1 aromatic heterocycles. The minimum Gasteiger partial charge on any atom is -0.468 e. The van der Waals surface area contributed by atoms with E-state index in [0.29, 0.717) is 0 Å². The summed E-state index contributed by atoms with van der Waals surface area (Å²) < 4.78 is 36.3. The molecule has 0 spiro atoms. The topological polar surface area (TPSA) is 158 Å². The van der Waals surface area contributed by atoms with Crippen LogP contribution in [-0.4, -0.2) is 52.1 Å². The minimum absolute atomic E-state index is 0.0509. The Bertz CT molecular complexity index is 1120. The first-order valence-electron chi connectivity index (χ1n) is 10.2. The van der Waals surface area contributed by atoms with Gasteiger partial charge in [0.25, 0.3) is 5.56 Å². The summed E-state index contributed by atoms with van der Waals surface area (Å²) in [4.78, 5) is 37.3. The molecule has 1 aliphatic rings. The van der Waals surface area contributed by atoms with Crippen LogP contribution in [-0.2, 0) is 23.4 Å². The van der Waals surface area contributed by atoms with Crippen LogP contribution < -0.4 is 20.9 Å². The summed E-state index contributed by atoms with van der Waals surface area (Å²) in [6.45, 7) is 3.00. The highest BCUT2D eigenvalue weighted by atomic mass is 31.2. The van der Waals surface area contributed by atoms with Crippen molar-refractivity contribution >= 4 is 13.7 Å². The molecule has 3 rings (SSSR count). The number of H-pyrrole nitrogens is 1. The third kappa shape index (κ3) is 6.18. The number of aromatic amines is 1. The molecule has 1 saturated heterocycles. The van der Waals surface area contributed by atoms with Gasteiger partial charge in [-0.25, -0.2) is 9.36 Å². The number of carbonyl (C=O) groups excluding carboxylic acids is 1. The van der Waals surface area contributed by atoms with Crippen molar-refractivity contribution in [1.29, 1.82) is 0 Å². The molecule has 33 heavy (non-hydrogen) atoms. The molecule has 0 aliphatic carbocycles. The maximum Gasteiger partial charge on any atom is 0.459 e. The Hall–Kier alpha value is -2.76. The van der Waals surface area contributed by atoms with Gasteiger partial charge in [-0.05, 0) is 26.0 Å². The van der Waals surface area contributed by atoms with Gasteiger partial charge >= 0.3 is 19.4 Å². The summed E-state index contributed by atoms with van der Waals surface area (Å²) in [5, 5.41) is 13.0. The van der Waals surface area contributed by atoms with Crippen LogP contribution >= 0.6 is 7.75 Å². The molecule has 12 nitrogen and oxygen atoms in total. The zero-order valence-corrected chi connectivity index (χ0v) is 19.1. The van der Waals surface area contributed by atoms with Crippen LogP contribution in [0.25, 0.3) is 0 Å². The standard InChI is InChI=1S/C20H26N3O9P/c1-12(19(26)29-3)22-33(28,32-14-7-5-4-6-8-14)31-13(2)16-11-15(24)18(30-16)23-10-9-17(25)21-20(23)27/h4-10,12-13,15-16,18,24H,11H2,1-3H3,(H,22,28)(H,21,25,27)/t12?,13?,15?,16-,18+,33?/m0/s1. The van der Waals surface area contributed by atoms with Crippen molar-refractivity contribution in [1.82, 2.24) is 14.6 Å². The number of aliphatic hydroxyl groups excluding tert-OH is 1. The maximum atomic E-state index is 13.5. The molecule has 13 heteroatoms. The van der Waals surface area contributed by atoms with Crippen molar-refractivity contribution < 1.29 is 33.0 Å². The molecule has 4 unspecified atom stereocenters. The lowest BCUT2D eigenvalue weighted by atomic mass is 10.1. The highest BCUT2D eigenvalue weighted by Crippen LogP contribution is 2.47. The molecular formula is C20H26N3O9P. The highest BCUT2D eigenvalue weighted by Gasteiger charge is 2.42. The van der Waals surface area contributed by atoms with E-state index in [-0.39, 0.29) is 12.2 Å². The van der Waals surface area contributed by atoms with Gasteiger partial charge in [-0.1, -0.05) is 18.2 Å². The Balaban J connectivity index is 1.77. The minimum atomic E-state index is -4.13. The maximum absolute atomic E-state index is 13.5. The second kappa shape index (κ2) is 10.4. The van der Waals surface area contributed by atoms with Crippen LogP contribution in [0.15, 0.2) is 52.2 Å². The van der Waals surface area contributed by atoms with Crippen LogP contribution in [0.5, 0.6) is 5.75 Å². The van der Waals surface area contributed by atoms with Crippen LogP contribution in [0.1, 0.15) is 26.5 Å². The van der Waals surface area contributed by atoms with Gasteiger partial charge in [0.2, 0.25) is 0 Å². The predicted octanol–water partition coefficient (Wildman–Crippen LogP) is 0.928. The van der Waals surface area contributed by atoms with Crippen molar-refractivity contribution in [2.24, 2.45) is 0 Å². The molecule has 0 saturated carbocycles. The van der Waals surface area contributed by atoms with Crippen molar-refractivity contribution in [3.8, 4) is 5.75 Å². The van der Waals surface area contributed by atoms with E-state index in [1.165, 1.54) is 20.2 Å². The third-order valence-electron chi connectivity index (χ3n) is 4.95. The van der Waals surface area contributed by atoms with E-state index in [2.05, 4.69) is 14.8 Å². The molecule has 3 N–H and O–H groups in total. The van der Waals surface area contributed by atoms with Gasteiger partial charge in [0, 0.05) is 18.7 Å². The van der Waals surface area contributed by atoms with Gasteiger partial charge in [0.1, 0.15) is 17.9 Å². The zero-order chi connectivity index (χ0) is 24.2. The molecule has 2 aromatic rings. The number of aliphatic hydroxyl groups is 1. The van der Waals surface area contributed by atoms with E-state index in [0.717, 1.165) is 10.6 Å². The Labute approximate surface area is 189 Å². The molecule has 0 bridgehead atoms. The molecule has 2 heterocycles. The number of aromatic nitrogens is 2. The Kier molecular flexibility index (Phi) is 7.88. The second-order valence-electron chi connectivity index (χ2n) is 7.47. The fourth-order valence-electron chi connectivity index (χ4n) is 3.31. The summed E-state index contributed by atoms with van der Waals surface area (Å²) in [6, 6.07) is 8.35. The van der Waals surface area contributed by atoms with E-state index < -0.39 is 55.5 Å². The quantitative estimate of drug-likeness (QED) is 0.346.